The normalized spacial score (nSPS) is 13.9. The summed E-state index contributed by atoms with van der Waals surface area (Å²) >= 11 is 0. The summed E-state index contributed by atoms with van der Waals surface area (Å²) in [4.78, 5) is 4.86. The molecule has 0 radical (unpaired) electrons. The van der Waals surface area contributed by atoms with E-state index in [-0.39, 0.29) is 5.41 Å². The fourth-order valence-corrected chi connectivity index (χ4v) is 6.53. The quantitative estimate of drug-likeness (QED) is 0.246. The molecule has 0 fully saturated rings. The van der Waals surface area contributed by atoms with E-state index in [1.807, 2.05) is 6.20 Å². The van der Waals surface area contributed by atoms with Crippen LogP contribution < -0.4 is 0 Å². The summed E-state index contributed by atoms with van der Waals surface area (Å²) in [5, 5.41) is 3.78. The molecule has 0 saturated heterocycles. The Balaban J connectivity index is 1.47. The first-order valence-corrected chi connectivity index (χ1v) is 12.8. The number of hydrogen-bond donors (Lipinski definition) is 0. The highest BCUT2D eigenvalue weighted by atomic mass is 15.0. The highest BCUT2D eigenvalue weighted by molar-refractivity contribution is 6.10. The van der Waals surface area contributed by atoms with Gasteiger partial charge in [0.1, 0.15) is 0 Å². The molecule has 176 valence electrons. The van der Waals surface area contributed by atoms with Crippen molar-refractivity contribution in [1.29, 1.82) is 0 Å². The molecule has 0 N–H and O–H groups in total. The third-order valence-electron chi connectivity index (χ3n) is 8.11. The fraction of sp³-hybridized carbons (Fsp3) is 0.0882. The molecular weight excluding hydrogens is 450 g/mol. The Morgan fingerprint density at radius 2 is 1.24 bits per heavy atom. The van der Waals surface area contributed by atoms with Crippen LogP contribution in [0.1, 0.15) is 25.1 Å². The molecule has 8 rings (SSSR count). The van der Waals surface area contributed by atoms with Crippen LogP contribution in [0.2, 0.25) is 0 Å². The summed E-state index contributed by atoms with van der Waals surface area (Å²) in [7, 11) is 0. The van der Waals surface area contributed by atoms with Gasteiger partial charge in [-0.2, -0.15) is 0 Å². The average Bonchev–Trinajstić information content (AvgIpc) is 3.54. The highest BCUT2D eigenvalue weighted by Crippen LogP contribution is 2.52. The van der Waals surface area contributed by atoms with Crippen LogP contribution in [0.25, 0.3) is 55.3 Å². The maximum absolute atomic E-state index is 4.86. The van der Waals surface area contributed by atoms with Crippen LogP contribution in [-0.4, -0.2) is 14.1 Å². The summed E-state index contributed by atoms with van der Waals surface area (Å²) in [6, 6.07) is 39.3. The Morgan fingerprint density at radius 1 is 0.568 bits per heavy atom. The first-order chi connectivity index (χ1) is 18.1. The van der Waals surface area contributed by atoms with E-state index in [9.17, 15) is 0 Å². The molecule has 7 aromatic rings. The zero-order valence-electron chi connectivity index (χ0n) is 20.8. The van der Waals surface area contributed by atoms with E-state index in [1.54, 1.807) is 0 Å². The van der Waals surface area contributed by atoms with Gasteiger partial charge >= 0.3 is 0 Å². The van der Waals surface area contributed by atoms with Crippen LogP contribution in [-0.2, 0) is 5.41 Å². The Kier molecular flexibility index (Phi) is 4.00. The Hall–Kier alpha value is -4.63. The van der Waals surface area contributed by atoms with Crippen LogP contribution in [0.5, 0.6) is 0 Å². The third-order valence-corrected chi connectivity index (χ3v) is 8.11. The van der Waals surface area contributed by atoms with E-state index in [0.717, 1.165) is 5.69 Å². The molecule has 3 heteroatoms. The molecule has 0 unspecified atom stereocenters. The maximum atomic E-state index is 4.86. The molecule has 0 aliphatic heterocycles. The number of benzene rings is 4. The van der Waals surface area contributed by atoms with Gasteiger partial charge in [-0.1, -0.05) is 74.5 Å². The van der Waals surface area contributed by atoms with Crippen molar-refractivity contribution in [3.63, 3.8) is 0 Å². The van der Waals surface area contributed by atoms with Crippen molar-refractivity contribution < 1.29 is 0 Å². The van der Waals surface area contributed by atoms with Gasteiger partial charge < -0.3 is 9.13 Å². The zero-order valence-corrected chi connectivity index (χ0v) is 20.8. The molecule has 3 aromatic heterocycles. The standard InChI is InChI=1S/C34H25N3/c1-34(2)27-15-10-20-35-32(27)31-25-14-7-9-17-29(25)37(33(31)34)23-18-19-30-26(21-23)24-13-6-8-16-28(24)36(30)22-11-4-3-5-12-22/h3-21H,1-2H3. The van der Waals surface area contributed by atoms with Crippen LogP contribution in [0.15, 0.2) is 115 Å². The van der Waals surface area contributed by atoms with Crippen molar-refractivity contribution in [3.8, 4) is 22.6 Å². The smallest absolute Gasteiger partial charge is 0.0768 e. The molecule has 3 nitrogen and oxygen atoms in total. The first kappa shape index (κ1) is 20.6. The van der Waals surface area contributed by atoms with Crippen LogP contribution >= 0.6 is 0 Å². The predicted octanol–water partition coefficient (Wildman–Crippen LogP) is 8.43. The highest BCUT2D eigenvalue weighted by Gasteiger charge is 2.41. The molecule has 0 spiro atoms. The van der Waals surface area contributed by atoms with Crippen molar-refractivity contribution >= 4 is 32.7 Å². The summed E-state index contributed by atoms with van der Waals surface area (Å²) in [5.41, 5.74) is 10.8. The van der Waals surface area contributed by atoms with Crippen LogP contribution in [0.3, 0.4) is 0 Å². The van der Waals surface area contributed by atoms with Crippen LogP contribution in [0.4, 0.5) is 0 Å². The van der Waals surface area contributed by atoms with Gasteiger partial charge in [-0.3, -0.25) is 4.98 Å². The van der Waals surface area contributed by atoms with Gasteiger partial charge in [0.15, 0.2) is 0 Å². The second-order valence-corrected chi connectivity index (χ2v) is 10.5. The van der Waals surface area contributed by atoms with Crippen molar-refractivity contribution in [1.82, 2.24) is 14.1 Å². The predicted molar refractivity (Wildman–Crippen MR) is 153 cm³/mol. The second kappa shape index (κ2) is 7.21. The van der Waals surface area contributed by atoms with Gasteiger partial charge in [-0.05, 0) is 54.1 Å². The Morgan fingerprint density at radius 3 is 2.05 bits per heavy atom. The van der Waals surface area contributed by atoms with E-state index in [1.165, 1.54) is 60.9 Å². The number of para-hydroxylation sites is 3. The maximum Gasteiger partial charge on any atom is 0.0768 e. The molecule has 1 aliphatic carbocycles. The summed E-state index contributed by atoms with van der Waals surface area (Å²) < 4.78 is 4.84. The van der Waals surface area contributed by atoms with E-state index < -0.39 is 0 Å². The number of hydrogen-bond acceptors (Lipinski definition) is 1. The van der Waals surface area contributed by atoms with Crippen LogP contribution in [0, 0.1) is 0 Å². The fourth-order valence-electron chi connectivity index (χ4n) is 6.53. The average molecular weight is 476 g/mol. The molecule has 0 bridgehead atoms. The zero-order chi connectivity index (χ0) is 24.7. The SMILES string of the molecule is CC1(C)c2cccnc2-c2c1n(-c1ccc3c(c1)c1ccccc1n3-c1ccccc1)c1ccccc21. The van der Waals surface area contributed by atoms with E-state index in [4.69, 9.17) is 4.98 Å². The number of fused-ring (bicyclic) bond motifs is 8. The largest absolute Gasteiger partial charge is 0.312 e. The van der Waals surface area contributed by atoms with Gasteiger partial charge in [0.05, 0.1) is 22.2 Å². The third kappa shape index (κ3) is 2.63. The van der Waals surface area contributed by atoms with Gasteiger partial charge in [-0.25, -0.2) is 0 Å². The number of rotatable bonds is 2. The summed E-state index contributed by atoms with van der Waals surface area (Å²) in [6.45, 7) is 4.66. The number of nitrogens with zero attached hydrogens (tertiary/aromatic N) is 3. The first-order valence-electron chi connectivity index (χ1n) is 12.8. The van der Waals surface area contributed by atoms with Gasteiger partial charge in [0, 0.05) is 50.4 Å². The topological polar surface area (TPSA) is 22.8 Å². The Labute approximate surface area is 215 Å². The monoisotopic (exact) mass is 475 g/mol. The van der Waals surface area contributed by atoms with Gasteiger partial charge in [0.25, 0.3) is 0 Å². The molecule has 0 saturated carbocycles. The molecule has 0 amide bonds. The molecule has 37 heavy (non-hydrogen) atoms. The van der Waals surface area contributed by atoms with Gasteiger partial charge in [0.2, 0.25) is 0 Å². The van der Waals surface area contributed by atoms with Crippen molar-refractivity contribution in [2.45, 2.75) is 19.3 Å². The molecule has 0 atom stereocenters. The second-order valence-electron chi connectivity index (χ2n) is 10.5. The lowest BCUT2D eigenvalue weighted by Crippen LogP contribution is -2.19. The number of aromatic nitrogens is 3. The van der Waals surface area contributed by atoms with E-state index in [0.29, 0.717) is 0 Å². The van der Waals surface area contributed by atoms with E-state index >= 15 is 0 Å². The molecular formula is C34H25N3. The van der Waals surface area contributed by atoms with E-state index in [2.05, 4.69) is 132 Å². The lowest BCUT2D eigenvalue weighted by molar-refractivity contribution is 0.623. The molecule has 4 aromatic carbocycles. The van der Waals surface area contributed by atoms with Crippen molar-refractivity contribution in [2.24, 2.45) is 0 Å². The van der Waals surface area contributed by atoms with Crippen molar-refractivity contribution in [3.05, 3.63) is 127 Å². The summed E-state index contributed by atoms with van der Waals surface area (Å²) in [5.74, 6) is 0. The molecule has 1 aliphatic rings. The lowest BCUT2D eigenvalue weighted by Gasteiger charge is -2.24. The minimum Gasteiger partial charge on any atom is -0.312 e. The minimum atomic E-state index is -0.162. The Bertz CT molecular complexity index is 2000. The summed E-state index contributed by atoms with van der Waals surface area (Å²) in [6.07, 6.45) is 1.92. The van der Waals surface area contributed by atoms with Gasteiger partial charge in [-0.15, -0.1) is 0 Å². The number of pyridine rings is 1. The lowest BCUT2D eigenvalue weighted by atomic mass is 9.86. The van der Waals surface area contributed by atoms with Crippen molar-refractivity contribution in [2.75, 3.05) is 0 Å². The minimum absolute atomic E-state index is 0.162. The molecule has 3 heterocycles.